The largest absolute Gasteiger partial charge is 0.495 e. The lowest BCUT2D eigenvalue weighted by Crippen LogP contribution is -2.37. The first-order chi connectivity index (χ1) is 11.9. The van der Waals surface area contributed by atoms with E-state index in [9.17, 15) is 4.79 Å². The van der Waals surface area contributed by atoms with Crippen LogP contribution >= 0.6 is 11.6 Å². The molecule has 2 aromatic carbocycles. The van der Waals surface area contributed by atoms with Gasteiger partial charge in [-0.1, -0.05) is 41.9 Å². The van der Waals surface area contributed by atoms with E-state index in [2.05, 4.69) is 36.2 Å². The van der Waals surface area contributed by atoms with E-state index < -0.39 is 0 Å². The molecule has 0 aromatic heterocycles. The molecule has 0 saturated heterocycles. The average molecular weight is 361 g/mol. The molecule has 4 nitrogen and oxygen atoms in total. The Morgan fingerprint density at radius 2 is 1.92 bits per heavy atom. The average Bonchev–Trinajstić information content (AvgIpc) is 2.58. The molecule has 1 amide bonds. The van der Waals surface area contributed by atoms with Crippen LogP contribution < -0.4 is 10.1 Å². The van der Waals surface area contributed by atoms with Crippen molar-refractivity contribution in [2.24, 2.45) is 0 Å². The maximum Gasteiger partial charge on any atom is 0.238 e. The summed E-state index contributed by atoms with van der Waals surface area (Å²) in [5.74, 6) is 0.479. The Hall–Kier alpha value is -2.04. The van der Waals surface area contributed by atoms with Gasteiger partial charge in [-0.2, -0.15) is 0 Å². The van der Waals surface area contributed by atoms with E-state index in [1.165, 1.54) is 5.56 Å². The minimum atomic E-state index is -0.0790. The van der Waals surface area contributed by atoms with E-state index in [-0.39, 0.29) is 11.9 Å². The van der Waals surface area contributed by atoms with Crippen molar-refractivity contribution in [3.8, 4) is 5.75 Å². The van der Waals surface area contributed by atoms with Gasteiger partial charge in [0.1, 0.15) is 5.75 Å². The highest BCUT2D eigenvalue weighted by atomic mass is 35.5. The fourth-order valence-corrected chi connectivity index (χ4v) is 2.70. The molecule has 0 radical (unpaired) electrons. The Morgan fingerprint density at radius 3 is 2.52 bits per heavy atom. The number of nitrogens with zero attached hydrogens (tertiary/aromatic N) is 1. The van der Waals surface area contributed by atoms with Gasteiger partial charge < -0.3 is 10.1 Å². The van der Waals surface area contributed by atoms with Crippen LogP contribution in [0, 0.1) is 6.92 Å². The van der Waals surface area contributed by atoms with Crippen molar-refractivity contribution in [1.82, 2.24) is 4.90 Å². The number of aryl methyl sites for hydroxylation is 1. The van der Waals surface area contributed by atoms with Crippen molar-refractivity contribution in [1.29, 1.82) is 0 Å². The lowest BCUT2D eigenvalue weighted by Gasteiger charge is -2.26. The van der Waals surface area contributed by atoms with Crippen molar-refractivity contribution >= 4 is 23.2 Å². The second-order valence-corrected chi connectivity index (χ2v) is 6.74. The van der Waals surface area contributed by atoms with Crippen LogP contribution in [0.4, 0.5) is 5.69 Å². The van der Waals surface area contributed by atoms with Crippen molar-refractivity contribution in [2.45, 2.75) is 33.4 Å². The number of anilines is 1. The minimum Gasteiger partial charge on any atom is -0.495 e. The highest BCUT2D eigenvalue weighted by Crippen LogP contribution is 2.30. The third-order valence-electron chi connectivity index (χ3n) is 4.06. The third-order valence-corrected chi connectivity index (χ3v) is 4.47. The van der Waals surface area contributed by atoms with Crippen LogP contribution in [0.15, 0.2) is 42.5 Å². The Bertz CT molecular complexity index is 717. The zero-order chi connectivity index (χ0) is 18.4. The molecular formula is C20H25ClN2O2. The normalized spacial score (nSPS) is 11.0. The predicted molar refractivity (Wildman–Crippen MR) is 103 cm³/mol. The van der Waals surface area contributed by atoms with Crippen LogP contribution in [0.5, 0.6) is 5.75 Å². The summed E-state index contributed by atoms with van der Waals surface area (Å²) < 4.78 is 5.32. The molecule has 5 heteroatoms. The van der Waals surface area contributed by atoms with Gasteiger partial charge in [0, 0.05) is 23.7 Å². The number of amides is 1. The molecule has 1 N–H and O–H groups in total. The van der Waals surface area contributed by atoms with E-state index >= 15 is 0 Å². The maximum atomic E-state index is 12.5. The number of benzene rings is 2. The number of carbonyl (C=O) groups is 1. The van der Waals surface area contributed by atoms with Crippen LogP contribution in [-0.4, -0.2) is 30.5 Å². The first kappa shape index (κ1) is 19.3. The first-order valence-electron chi connectivity index (χ1n) is 8.32. The molecule has 0 bridgehead atoms. The molecule has 0 atom stereocenters. The zero-order valence-corrected chi connectivity index (χ0v) is 15.9. The summed E-state index contributed by atoms with van der Waals surface area (Å²) in [6.07, 6.45) is 0. The second-order valence-electron chi connectivity index (χ2n) is 6.33. The standard InChI is InChI=1S/C20H25ClN2O2/c1-14(2)23(12-16-8-6-5-7-9-16)13-20(24)22-18-10-15(3)17(21)11-19(18)25-4/h5-11,14H,12-13H2,1-4H3,(H,22,24). The van der Waals surface area contributed by atoms with Gasteiger partial charge in [0.2, 0.25) is 5.91 Å². The van der Waals surface area contributed by atoms with E-state index in [0.717, 1.165) is 12.1 Å². The number of nitrogens with one attached hydrogen (secondary N) is 1. The van der Waals surface area contributed by atoms with Crippen LogP contribution in [0.2, 0.25) is 5.02 Å². The molecular weight excluding hydrogens is 336 g/mol. The van der Waals surface area contributed by atoms with E-state index in [1.807, 2.05) is 31.2 Å². The van der Waals surface area contributed by atoms with Gasteiger partial charge in [0.15, 0.2) is 0 Å². The van der Waals surface area contributed by atoms with Gasteiger partial charge in [-0.15, -0.1) is 0 Å². The molecule has 0 aliphatic rings. The fraction of sp³-hybridized carbons (Fsp3) is 0.350. The molecule has 0 heterocycles. The topological polar surface area (TPSA) is 41.6 Å². The summed E-state index contributed by atoms with van der Waals surface area (Å²) in [6.45, 7) is 7.10. The monoisotopic (exact) mass is 360 g/mol. The summed E-state index contributed by atoms with van der Waals surface area (Å²) in [5.41, 5.74) is 2.71. The summed E-state index contributed by atoms with van der Waals surface area (Å²) in [5, 5.41) is 3.55. The van der Waals surface area contributed by atoms with E-state index in [0.29, 0.717) is 23.0 Å². The Balaban J connectivity index is 2.08. The highest BCUT2D eigenvalue weighted by Gasteiger charge is 2.16. The van der Waals surface area contributed by atoms with Crippen molar-refractivity contribution in [3.05, 3.63) is 58.6 Å². The van der Waals surface area contributed by atoms with Gasteiger partial charge >= 0.3 is 0 Å². The number of hydrogen-bond donors (Lipinski definition) is 1. The molecule has 0 spiro atoms. The highest BCUT2D eigenvalue weighted by molar-refractivity contribution is 6.31. The molecule has 134 valence electrons. The van der Waals surface area contributed by atoms with Gasteiger partial charge in [-0.05, 0) is 38.0 Å². The Labute approximate surface area is 154 Å². The summed E-state index contributed by atoms with van der Waals surface area (Å²) in [4.78, 5) is 14.7. The lowest BCUT2D eigenvalue weighted by atomic mass is 10.2. The molecule has 0 saturated carbocycles. The molecule has 0 fully saturated rings. The van der Waals surface area contributed by atoms with Crippen molar-refractivity contribution in [3.63, 3.8) is 0 Å². The number of ether oxygens (including phenoxy) is 1. The van der Waals surface area contributed by atoms with E-state index in [4.69, 9.17) is 16.3 Å². The third kappa shape index (κ3) is 5.48. The summed E-state index contributed by atoms with van der Waals surface area (Å²) >= 11 is 6.12. The Morgan fingerprint density at radius 1 is 1.24 bits per heavy atom. The van der Waals surface area contributed by atoms with Gasteiger partial charge in [0.05, 0.1) is 19.3 Å². The number of halogens is 1. The number of methoxy groups -OCH3 is 1. The zero-order valence-electron chi connectivity index (χ0n) is 15.2. The van der Waals surface area contributed by atoms with Crippen LogP contribution in [0.25, 0.3) is 0 Å². The SMILES string of the molecule is COc1cc(Cl)c(C)cc1NC(=O)CN(Cc1ccccc1)C(C)C. The summed E-state index contributed by atoms with van der Waals surface area (Å²) in [6, 6.07) is 13.9. The quantitative estimate of drug-likeness (QED) is 0.790. The molecule has 2 rings (SSSR count). The predicted octanol–water partition coefficient (Wildman–Crippen LogP) is 4.51. The smallest absolute Gasteiger partial charge is 0.238 e. The maximum absolute atomic E-state index is 12.5. The second kappa shape index (κ2) is 8.88. The van der Waals surface area contributed by atoms with Crippen molar-refractivity contribution in [2.75, 3.05) is 19.0 Å². The van der Waals surface area contributed by atoms with Gasteiger partial charge in [-0.25, -0.2) is 0 Å². The number of hydrogen-bond acceptors (Lipinski definition) is 3. The number of rotatable bonds is 7. The summed E-state index contributed by atoms with van der Waals surface area (Å²) in [7, 11) is 1.56. The van der Waals surface area contributed by atoms with Crippen molar-refractivity contribution < 1.29 is 9.53 Å². The number of carbonyl (C=O) groups excluding carboxylic acids is 1. The molecule has 0 aliphatic heterocycles. The minimum absolute atomic E-state index is 0.0790. The first-order valence-corrected chi connectivity index (χ1v) is 8.70. The van der Waals surface area contributed by atoms with Crippen LogP contribution in [-0.2, 0) is 11.3 Å². The van der Waals surface area contributed by atoms with Crippen LogP contribution in [0.3, 0.4) is 0 Å². The molecule has 25 heavy (non-hydrogen) atoms. The van der Waals surface area contributed by atoms with Gasteiger partial charge in [-0.3, -0.25) is 9.69 Å². The fourth-order valence-electron chi connectivity index (χ4n) is 2.54. The van der Waals surface area contributed by atoms with Gasteiger partial charge in [0.25, 0.3) is 0 Å². The molecule has 2 aromatic rings. The van der Waals surface area contributed by atoms with Crippen LogP contribution in [0.1, 0.15) is 25.0 Å². The lowest BCUT2D eigenvalue weighted by molar-refractivity contribution is -0.117. The molecule has 0 aliphatic carbocycles. The molecule has 0 unspecified atom stereocenters. The van der Waals surface area contributed by atoms with E-state index in [1.54, 1.807) is 13.2 Å². The Kier molecular flexibility index (Phi) is 6.85.